The van der Waals surface area contributed by atoms with E-state index in [1.165, 1.54) is 16.8 Å². The number of aryl methyl sites for hydroxylation is 1. The molecule has 0 unspecified atom stereocenters. The van der Waals surface area contributed by atoms with Crippen LogP contribution in [0.15, 0.2) is 41.3 Å². The number of ether oxygens (including phenoxy) is 1. The van der Waals surface area contributed by atoms with Gasteiger partial charge in [0.05, 0.1) is 11.5 Å². The van der Waals surface area contributed by atoms with E-state index in [2.05, 4.69) is 57.7 Å². The number of anilines is 1. The van der Waals surface area contributed by atoms with Crippen molar-refractivity contribution >= 4 is 15.7 Å². The van der Waals surface area contributed by atoms with Gasteiger partial charge < -0.3 is 9.64 Å². The molecular weight excluding hydrogens is 420 g/mol. The summed E-state index contributed by atoms with van der Waals surface area (Å²) >= 11 is 0. The van der Waals surface area contributed by atoms with Gasteiger partial charge in [0.15, 0.2) is 0 Å². The monoisotopic (exact) mass is 458 g/mol. The van der Waals surface area contributed by atoms with E-state index < -0.39 is 10.0 Å². The zero-order chi connectivity index (χ0) is 23.3. The summed E-state index contributed by atoms with van der Waals surface area (Å²) in [5.74, 6) is 0.988. The summed E-state index contributed by atoms with van der Waals surface area (Å²) in [6.07, 6.45) is 3.30. The Morgan fingerprint density at radius 3 is 2.38 bits per heavy atom. The molecule has 6 heteroatoms. The molecule has 5 nitrogen and oxygen atoms in total. The molecule has 0 saturated carbocycles. The van der Waals surface area contributed by atoms with Crippen molar-refractivity contribution in [3.05, 3.63) is 53.1 Å². The summed E-state index contributed by atoms with van der Waals surface area (Å²) in [6.45, 7) is 13.6. The Hall–Kier alpha value is -2.05. The third-order valence-corrected chi connectivity index (χ3v) is 8.30. The van der Waals surface area contributed by atoms with Crippen LogP contribution < -0.4 is 9.64 Å². The van der Waals surface area contributed by atoms with Gasteiger partial charge in [0, 0.05) is 31.9 Å². The van der Waals surface area contributed by atoms with Crippen LogP contribution in [0, 0.1) is 13.8 Å². The van der Waals surface area contributed by atoms with Gasteiger partial charge in [0.2, 0.25) is 10.0 Å². The summed E-state index contributed by atoms with van der Waals surface area (Å²) in [5.41, 5.74) is 4.68. The van der Waals surface area contributed by atoms with Crippen LogP contribution in [0.2, 0.25) is 0 Å². The van der Waals surface area contributed by atoms with Gasteiger partial charge in [-0.1, -0.05) is 45.7 Å². The van der Waals surface area contributed by atoms with E-state index in [4.69, 9.17) is 4.74 Å². The van der Waals surface area contributed by atoms with Crippen LogP contribution in [0.25, 0.3) is 0 Å². The van der Waals surface area contributed by atoms with Crippen molar-refractivity contribution in [3.8, 4) is 5.75 Å². The smallest absolute Gasteiger partial charge is 0.243 e. The Balaban J connectivity index is 1.73. The van der Waals surface area contributed by atoms with Gasteiger partial charge in [-0.25, -0.2) is 8.42 Å². The highest BCUT2D eigenvalue weighted by molar-refractivity contribution is 7.89. The molecule has 0 amide bonds. The van der Waals surface area contributed by atoms with Crippen LogP contribution in [0.1, 0.15) is 62.6 Å². The molecule has 0 spiro atoms. The molecule has 0 atom stereocenters. The summed E-state index contributed by atoms with van der Waals surface area (Å²) < 4.78 is 34.4. The lowest BCUT2D eigenvalue weighted by molar-refractivity contribution is 0.302. The molecule has 1 heterocycles. The molecule has 0 bridgehead atoms. The van der Waals surface area contributed by atoms with Crippen molar-refractivity contribution in [2.24, 2.45) is 0 Å². The van der Waals surface area contributed by atoms with E-state index in [1.807, 2.05) is 12.1 Å². The average molecular weight is 459 g/mol. The molecule has 32 heavy (non-hydrogen) atoms. The fraction of sp³-hybridized carbons (Fsp3) is 0.538. The molecule has 3 rings (SSSR count). The van der Waals surface area contributed by atoms with E-state index in [0.29, 0.717) is 37.7 Å². The van der Waals surface area contributed by atoms with Crippen LogP contribution in [0.4, 0.5) is 5.69 Å². The molecular formula is C26H38N2O3S. The maximum atomic E-state index is 13.4. The van der Waals surface area contributed by atoms with Crippen molar-refractivity contribution in [1.29, 1.82) is 0 Å². The van der Waals surface area contributed by atoms with Crippen molar-refractivity contribution in [1.82, 2.24) is 4.31 Å². The first-order valence-corrected chi connectivity index (χ1v) is 13.3. The predicted octanol–water partition coefficient (Wildman–Crippen LogP) is 5.51. The van der Waals surface area contributed by atoms with Crippen LogP contribution in [-0.4, -0.2) is 45.5 Å². The first kappa shape index (κ1) is 24.6. The SMILES string of the molecule is CCCCCOc1ccc(S(=O)(=O)N2CCN(c3cccc(C)c3C)CC2)cc1C(C)C. The van der Waals surface area contributed by atoms with E-state index in [1.54, 1.807) is 10.4 Å². The molecule has 1 saturated heterocycles. The molecule has 1 aliphatic rings. The zero-order valence-electron chi connectivity index (χ0n) is 20.2. The highest BCUT2D eigenvalue weighted by atomic mass is 32.2. The highest BCUT2D eigenvalue weighted by Gasteiger charge is 2.30. The number of sulfonamides is 1. The van der Waals surface area contributed by atoms with Crippen LogP contribution >= 0.6 is 0 Å². The van der Waals surface area contributed by atoms with Crippen LogP contribution in [0.5, 0.6) is 5.75 Å². The average Bonchev–Trinajstić information content (AvgIpc) is 2.78. The lowest BCUT2D eigenvalue weighted by Gasteiger charge is -2.36. The van der Waals surface area contributed by atoms with Gasteiger partial charge in [-0.3, -0.25) is 0 Å². The van der Waals surface area contributed by atoms with Gasteiger partial charge in [-0.05, 0) is 67.1 Å². The minimum Gasteiger partial charge on any atom is -0.493 e. The molecule has 2 aromatic carbocycles. The number of piperazine rings is 1. The summed E-state index contributed by atoms with van der Waals surface area (Å²) in [4.78, 5) is 2.66. The molecule has 1 fully saturated rings. The third kappa shape index (κ3) is 5.46. The number of hydrogen-bond acceptors (Lipinski definition) is 4. The van der Waals surface area contributed by atoms with Crippen molar-refractivity contribution in [3.63, 3.8) is 0 Å². The van der Waals surface area contributed by atoms with Crippen molar-refractivity contribution in [2.75, 3.05) is 37.7 Å². The molecule has 0 aromatic heterocycles. The summed E-state index contributed by atoms with van der Waals surface area (Å²) in [6, 6.07) is 11.7. The maximum absolute atomic E-state index is 13.4. The number of rotatable bonds is 9. The van der Waals surface area contributed by atoms with E-state index in [0.717, 1.165) is 30.6 Å². The Labute approximate surface area is 194 Å². The van der Waals surface area contributed by atoms with E-state index in [-0.39, 0.29) is 5.92 Å². The second-order valence-corrected chi connectivity index (χ2v) is 11.0. The standard InChI is InChI=1S/C26H38N2O3S/c1-6-7-8-18-31-26-13-12-23(19-24(26)20(2)3)32(29,30)28-16-14-27(15-17-28)25-11-9-10-21(4)22(25)5/h9-13,19-20H,6-8,14-18H2,1-5H3. The second-order valence-electron chi connectivity index (χ2n) is 9.02. The predicted molar refractivity (Wildman–Crippen MR) is 132 cm³/mol. The molecule has 2 aromatic rings. The Morgan fingerprint density at radius 2 is 1.72 bits per heavy atom. The second kappa shape index (κ2) is 10.7. The molecule has 0 N–H and O–H groups in total. The van der Waals surface area contributed by atoms with Gasteiger partial charge in [0.25, 0.3) is 0 Å². The number of unbranched alkanes of at least 4 members (excludes halogenated alkanes) is 2. The van der Waals surface area contributed by atoms with Crippen molar-refractivity contribution < 1.29 is 13.2 Å². The van der Waals surface area contributed by atoms with Crippen LogP contribution in [-0.2, 0) is 10.0 Å². The van der Waals surface area contributed by atoms with Gasteiger partial charge in [0.1, 0.15) is 5.75 Å². The van der Waals surface area contributed by atoms with Crippen molar-refractivity contribution in [2.45, 2.75) is 64.7 Å². The zero-order valence-corrected chi connectivity index (χ0v) is 21.0. The normalized spacial score (nSPS) is 15.4. The Bertz CT molecular complexity index is 1010. The molecule has 0 aliphatic carbocycles. The van der Waals surface area contributed by atoms with Gasteiger partial charge in [-0.2, -0.15) is 4.31 Å². The summed E-state index contributed by atoms with van der Waals surface area (Å²) in [5, 5.41) is 0. The molecule has 176 valence electrons. The van der Waals surface area contributed by atoms with Gasteiger partial charge in [-0.15, -0.1) is 0 Å². The fourth-order valence-electron chi connectivity index (χ4n) is 4.20. The lowest BCUT2D eigenvalue weighted by atomic mass is 10.0. The first-order chi connectivity index (χ1) is 15.3. The Morgan fingerprint density at radius 1 is 1.00 bits per heavy atom. The Kier molecular flexibility index (Phi) is 8.23. The lowest BCUT2D eigenvalue weighted by Crippen LogP contribution is -2.48. The summed E-state index contributed by atoms with van der Waals surface area (Å²) in [7, 11) is -3.54. The molecule has 0 radical (unpaired) electrons. The first-order valence-electron chi connectivity index (χ1n) is 11.8. The number of nitrogens with zero attached hydrogens (tertiary/aromatic N) is 2. The molecule has 1 aliphatic heterocycles. The quantitative estimate of drug-likeness (QED) is 0.465. The minimum absolute atomic E-state index is 0.187. The van der Waals surface area contributed by atoms with E-state index in [9.17, 15) is 8.42 Å². The number of benzene rings is 2. The minimum atomic E-state index is -3.54. The maximum Gasteiger partial charge on any atom is 0.243 e. The highest BCUT2D eigenvalue weighted by Crippen LogP contribution is 2.31. The fourth-order valence-corrected chi connectivity index (χ4v) is 5.66. The largest absolute Gasteiger partial charge is 0.493 e. The van der Waals surface area contributed by atoms with Crippen LogP contribution in [0.3, 0.4) is 0 Å². The topological polar surface area (TPSA) is 49.9 Å². The number of hydrogen-bond donors (Lipinski definition) is 0. The third-order valence-electron chi connectivity index (χ3n) is 6.40. The van der Waals surface area contributed by atoms with E-state index >= 15 is 0 Å². The van der Waals surface area contributed by atoms with Gasteiger partial charge >= 0.3 is 0 Å².